The molecule has 1 aromatic carbocycles. The number of hydrogen-bond acceptors (Lipinski definition) is 5. The van der Waals surface area contributed by atoms with Gasteiger partial charge >= 0.3 is 5.97 Å². The molecular formula is C13H15NO5. The summed E-state index contributed by atoms with van der Waals surface area (Å²) in [5, 5.41) is 2.48. The molecule has 0 spiro atoms. The van der Waals surface area contributed by atoms with E-state index < -0.39 is 12.3 Å². The van der Waals surface area contributed by atoms with E-state index >= 15 is 0 Å². The van der Waals surface area contributed by atoms with Crippen molar-refractivity contribution >= 4 is 11.9 Å². The first kappa shape index (κ1) is 13.5. The molecule has 19 heavy (non-hydrogen) atoms. The van der Waals surface area contributed by atoms with Crippen LogP contribution in [-0.2, 0) is 19.0 Å². The third-order valence-electron chi connectivity index (χ3n) is 2.48. The van der Waals surface area contributed by atoms with Crippen LogP contribution in [0, 0.1) is 0 Å². The van der Waals surface area contributed by atoms with Gasteiger partial charge in [-0.05, 0) is 12.1 Å². The Bertz CT molecular complexity index is 428. The van der Waals surface area contributed by atoms with Crippen LogP contribution in [-0.4, -0.2) is 44.5 Å². The maximum atomic E-state index is 11.7. The lowest BCUT2D eigenvalue weighted by Gasteiger charge is -2.22. The minimum atomic E-state index is -0.685. The van der Waals surface area contributed by atoms with E-state index in [0.717, 1.165) is 0 Å². The Morgan fingerprint density at radius 1 is 1.26 bits per heavy atom. The Labute approximate surface area is 110 Å². The number of esters is 1. The van der Waals surface area contributed by atoms with E-state index in [-0.39, 0.29) is 19.1 Å². The van der Waals surface area contributed by atoms with Crippen molar-refractivity contribution in [1.29, 1.82) is 0 Å². The molecule has 1 N–H and O–H groups in total. The third kappa shape index (κ3) is 4.35. The van der Waals surface area contributed by atoms with Crippen molar-refractivity contribution in [2.45, 2.75) is 6.29 Å². The van der Waals surface area contributed by atoms with E-state index in [4.69, 9.17) is 14.2 Å². The van der Waals surface area contributed by atoms with Gasteiger partial charge in [0, 0.05) is 5.56 Å². The molecule has 102 valence electrons. The predicted molar refractivity (Wildman–Crippen MR) is 65.4 cm³/mol. The number of carbonyl (C=O) groups excluding carboxylic acids is 2. The fourth-order valence-electron chi connectivity index (χ4n) is 1.57. The zero-order chi connectivity index (χ0) is 13.5. The quantitative estimate of drug-likeness (QED) is 0.794. The number of amides is 1. The summed E-state index contributed by atoms with van der Waals surface area (Å²) in [6.45, 7) is 0.916. The Hall–Kier alpha value is -1.92. The fraction of sp³-hybridized carbons (Fsp3) is 0.385. The monoisotopic (exact) mass is 265 g/mol. The van der Waals surface area contributed by atoms with Gasteiger partial charge in [-0.2, -0.15) is 0 Å². The molecule has 6 heteroatoms. The van der Waals surface area contributed by atoms with E-state index in [2.05, 4.69) is 5.32 Å². The summed E-state index contributed by atoms with van der Waals surface area (Å²) in [5.74, 6) is -0.877. The summed E-state index contributed by atoms with van der Waals surface area (Å²) in [6.07, 6.45) is -0.685. The van der Waals surface area contributed by atoms with Crippen molar-refractivity contribution in [3.63, 3.8) is 0 Å². The predicted octanol–water partition coefficient (Wildman–Crippen LogP) is 0.333. The smallest absolute Gasteiger partial charge is 0.327 e. The van der Waals surface area contributed by atoms with Crippen molar-refractivity contribution in [2.24, 2.45) is 0 Å². The van der Waals surface area contributed by atoms with Crippen LogP contribution in [0.3, 0.4) is 0 Å². The van der Waals surface area contributed by atoms with Crippen molar-refractivity contribution < 1.29 is 23.8 Å². The molecule has 1 atom stereocenters. The molecule has 0 radical (unpaired) electrons. The summed E-state index contributed by atoms with van der Waals surface area (Å²) in [5.41, 5.74) is 0.493. The van der Waals surface area contributed by atoms with Gasteiger partial charge in [0.05, 0.1) is 13.2 Å². The summed E-state index contributed by atoms with van der Waals surface area (Å²) >= 11 is 0. The molecule has 1 heterocycles. The first-order chi connectivity index (χ1) is 9.25. The normalized spacial score (nSPS) is 18.6. The van der Waals surface area contributed by atoms with Gasteiger partial charge in [0.1, 0.15) is 13.2 Å². The van der Waals surface area contributed by atoms with E-state index in [9.17, 15) is 9.59 Å². The lowest BCUT2D eigenvalue weighted by molar-refractivity contribution is -0.213. The average molecular weight is 265 g/mol. The molecule has 1 unspecified atom stereocenters. The first-order valence-corrected chi connectivity index (χ1v) is 5.98. The number of ether oxygens (including phenoxy) is 3. The molecule has 0 aliphatic carbocycles. The highest BCUT2D eigenvalue weighted by Gasteiger charge is 2.19. The van der Waals surface area contributed by atoms with Gasteiger partial charge in [0.25, 0.3) is 5.91 Å². The van der Waals surface area contributed by atoms with E-state index in [1.54, 1.807) is 24.3 Å². The fourth-order valence-corrected chi connectivity index (χ4v) is 1.57. The van der Waals surface area contributed by atoms with Crippen LogP contribution in [0.25, 0.3) is 0 Å². The lowest BCUT2D eigenvalue weighted by atomic mass is 10.2. The van der Waals surface area contributed by atoms with Crippen LogP contribution in [0.1, 0.15) is 10.4 Å². The molecule has 1 aromatic rings. The largest absolute Gasteiger partial charge is 0.432 e. The number of rotatable bonds is 4. The maximum Gasteiger partial charge on any atom is 0.327 e. The number of hydrogen-bond donors (Lipinski definition) is 1. The number of nitrogens with one attached hydrogen (secondary N) is 1. The van der Waals surface area contributed by atoms with E-state index in [1.165, 1.54) is 0 Å². The topological polar surface area (TPSA) is 73.9 Å². The standard InChI is InChI=1S/C13H15NO5/c15-11(19-12-9-17-6-7-18-12)8-14-13(16)10-4-2-1-3-5-10/h1-5,12H,6-9H2,(H,14,16). The molecule has 0 aromatic heterocycles. The van der Waals surface area contributed by atoms with Gasteiger partial charge in [-0.1, -0.05) is 18.2 Å². The van der Waals surface area contributed by atoms with Crippen LogP contribution in [0.4, 0.5) is 0 Å². The maximum absolute atomic E-state index is 11.7. The first-order valence-electron chi connectivity index (χ1n) is 5.98. The van der Waals surface area contributed by atoms with Gasteiger partial charge in [-0.25, -0.2) is 0 Å². The highest BCUT2D eigenvalue weighted by atomic mass is 16.7. The van der Waals surface area contributed by atoms with Gasteiger partial charge in [0.2, 0.25) is 6.29 Å². The Morgan fingerprint density at radius 3 is 2.74 bits per heavy atom. The molecule has 1 saturated heterocycles. The average Bonchev–Trinajstić information content (AvgIpc) is 2.47. The second-order valence-electron chi connectivity index (χ2n) is 3.91. The Balaban J connectivity index is 1.72. The lowest BCUT2D eigenvalue weighted by Crippen LogP contribution is -2.37. The van der Waals surface area contributed by atoms with Crippen LogP contribution in [0.15, 0.2) is 30.3 Å². The summed E-state index contributed by atoms with van der Waals surface area (Å²) < 4.78 is 15.2. The van der Waals surface area contributed by atoms with Crippen LogP contribution >= 0.6 is 0 Å². The zero-order valence-electron chi connectivity index (χ0n) is 10.3. The SMILES string of the molecule is O=C(CNC(=O)c1ccccc1)OC1COCCO1. The highest BCUT2D eigenvalue weighted by Crippen LogP contribution is 2.02. The minimum Gasteiger partial charge on any atom is -0.432 e. The number of carbonyl (C=O) groups is 2. The van der Waals surface area contributed by atoms with Crippen molar-refractivity contribution in [3.05, 3.63) is 35.9 Å². The molecule has 2 rings (SSSR count). The minimum absolute atomic E-state index is 0.201. The summed E-state index contributed by atoms with van der Waals surface area (Å²) in [7, 11) is 0. The molecule has 0 bridgehead atoms. The van der Waals surface area contributed by atoms with Gasteiger partial charge in [0.15, 0.2) is 0 Å². The molecule has 1 amide bonds. The van der Waals surface area contributed by atoms with E-state index in [1.807, 2.05) is 6.07 Å². The second kappa shape index (κ2) is 6.86. The molecule has 6 nitrogen and oxygen atoms in total. The Kier molecular flexibility index (Phi) is 4.88. The van der Waals surface area contributed by atoms with Crippen molar-refractivity contribution in [3.8, 4) is 0 Å². The summed E-state index contributed by atoms with van der Waals surface area (Å²) in [4.78, 5) is 23.1. The Morgan fingerprint density at radius 2 is 2.05 bits per heavy atom. The highest BCUT2D eigenvalue weighted by molar-refractivity contribution is 5.95. The third-order valence-corrected chi connectivity index (χ3v) is 2.48. The second-order valence-corrected chi connectivity index (χ2v) is 3.91. The van der Waals surface area contributed by atoms with Gasteiger partial charge in [-0.15, -0.1) is 0 Å². The summed E-state index contributed by atoms with van der Waals surface area (Å²) in [6, 6.07) is 8.64. The molecule has 1 aliphatic heterocycles. The molecule has 1 aliphatic rings. The van der Waals surface area contributed by atoms with Crippen LogP contribution in [0.2, 0.25) is 0 Å². The van der Waals surface area contributed by atoms with Crippen LogP contribution in [0.5, 0.6) is 0 Å². The number of benzene rings is 1. The molecule has 0 saturated carbocycles. The van der Waals surface area contributed by atoms with Gasteiger partial charge in [-0.3, -0.25) is 9.59 Å². The van der Waals surface area contributed by atoms with Crippen molar-refractivity contribution in [1.82, 2.24) is 5.32 Å². The van der Waals surface area contributed by atoms with E-state index in [0.29, 0.717) is 18.8 Å². The molecular weight excluding hydrogens is 250 g/mol. The van der Waals surface area contributed by atoms with Gasteiger partial charge < -0.3 is 19.5 Å². The van der Waals surface area contributed by atoms with Crippen LogP contribution < -0.4 is 5.32 Å². The molecule has 1 fully saturated rings. The zero-order valence-corrected chi connectivity index (χ0v) is 10.3. The van der Waals surface area contributed by atoms with Crippen molar-refractivity contribution in [2.75, 3.05) is 26.4 Å².